The number of fused-ring (bicyclic) bond motifs is 5. The van der Waals surface area contributed by atoms with Crippen LogP contribution in [0.15, 0.2) is 78.1 Å². The van der Waals surface area contributed by atoms with Crippen LogP contribution in [-0.2, 0) is 17.6 Å². The number of carbonyl (C=O) groups is 1. The number of nitrogens with zero attached hydrogens (tertiary/aromatic N) is 5. The highest BCUT2D eigenvalue weighted by Crippen LogP contribution is 2.37. The summed E-state index contributed by atoms with van der Waals surface area (Å²) in [5.41, 5.74) is 5.73. The molecule has 2 aromatic carbocycles. The first-order valence-corrected chi connectivity index (χ1v) is 15.3. The van der Waals surface area contributed by atoms with Gasteiger partial charge in [0.1, 0.15) is 5.82 Å². The quantitative estimate of drug-likeness (QED) is 0.146. The van der Waals surface area contributed by atoms with Crippen LogP contribution in [0.2, 0.25) is 5.02 Å². The molecule has 1 saturated heterocycles. The van der Waals surface area contributed by atoms with Crippen molar-refractivity contribution >= 4 is 44.3 Å². The van der Waals surface area contributed by atoms with E-state index in [2.05, 4.69) is 61.7 Å². The van der Waals surface area contributed by atoms with Gasteiger partial charge in [-0.05, 0) is 61.4 Å². The fourth-order valence-electron chi connectivity index (χ4n) is 6.43. The predicted octanol–water partition coefficient (Wildman–Crippen LogP) is 6.55. The molecule has 4 aromatic rings. The number of amides is 1. The van der Waals surface area contributed by atoms with E-state index in [9.17, 15) is 9.59 Å². The maximum Gasteiger partial charge on any atom is 0.355 e. The third-order valence-corrected chi connectivity index (χ3v) is 8.92. The zero-order chi connectivity index (χ0) is 30.4. The molecule has 2 aromatic heterocycles. The second kappa shape index (κ2) is 12.7. The minimum Gasteiger partial charge on any atom is -0.349 e. The van der Waals surface area contributed by atoms with Crippen LogP contribution in [0.25, 0.3) is 28.0 Å². The van der Waals surface area contributed by atoms with E-state index < -0.39 is 5.69 Å². The molecule has 0 N–H and O–H groups in total. The average molecular weight is 628 g/mol. The maximum atomic E-state index is 14.3. The highest BCUT2D eigenvalue weighted by Gasteiger charge is 2.34. The third-order valence-electron chi connectivity index (χ3n) is 8.63. The Hall–Kier alpha value is -3.80. The van der Waals surface area contributed by atoms with Crippen molar-refractivity contribution in [2.75, 3.05) is 18.0 Å². The van der Waals surface area contributed by atoms with Crippen LogP contribution in [0.3, 0.4) is 0 Å². The molecule has 0 spiro atoms. The van der Waals surface area contributed by atoms with Crippen LogP contribution in [0, 0.1) is 0 Å². The monoisotopic (exact) mass is 627 g/mol. The summed E-state index contributed by atoms with van der Waals surface area (Å²) in [7, 11) is 0. The summed E-state index contributed by atoms with van der Waals surface area (Å²) >= 11 is 7.06. The highest BCUT2D eigenvalue weighted by molar-refractivity contribution is 6.92. The van der Waals surface area contributed by atoms with Crippen molar-refractivity contribution in [2.45, 2.75) is 58.5 Å². The molecule has 9 heteroatoms. The molecule has 0 radical (unpaired) electrons. The standard InChI is InChI=1S/C35H36ClN5O2.H3P/c1-6-30(42)39-19-23(5)40(20-22(39)4)33-28-18-29(36)31-27-16-10-9-13-24(27)12-7-8-14-25-15-11-17-26(21(2)3)32(25)41(34(28)37-31)35(43)38-33;/h6-11,13,15-18,21-23H,1,12,14,19-20H2,2-5H3;1H3/b8-7+;/t22-,23+;/m1./s1. The molecule has 3 atom stereocenters. The van der Waals surface area contributed by atoms with Crippen LogP contribution in [0.1, 0.15) is 50.3 Å². The Morgan fingerprint density at radius 1 is 1.00 bits per heavy atom. The van der Waals surface area contributed by atoms with Gasteiger partial charge in [-0.3, -0.25) is 4.79 Å². The first-order chi connectivity index (χ1) is 20.7. The smallest absolute Gasteiger partial charge is 0.349 e. The number of para-hydroxylation sites is 1. The van der Waals surface area contributed by atoms with E-state index in [1.165, 1.54) is 6.08 Å². The number of anilines is 1. The molecule has 7 nitrogen and oxygen atoms in total. The topological polar surface area (TPSA) is 71.3 Å². The Morgan fingerprint density at radius 3 is 2.43 bits per heavy atom. The molecule has 4 heterocycles. The number of piperazine rings is 1. The molecule has 6 rings (SSSR count). The number of allylic oxidation sites excluding steroid dienone is 2. The molecule has 2 aliphatic rings. The van der Waals surface area contributed by atoms with Crippen molar-refractivity contribution < 1.29 is 4.79 Å². The molecular formula is C35H39ClN5O2P. The number of benzene rings is 2. The van der Waals surface area contributed by atoms with Crippen LogP contribution < -0.4 is 10.6 Å². The lowest BCUT2D eigenvalue weighted by atomic mass is 9.95. The van der Waals surface area contributed by atoms with Crippen molar-refractivity contribution in [1.29, 1.82) is 0 Å². The SMILES string of the molecule is C=CC(=O)N1C[C@H](C)N(c2nc(=O)n3c4nc(c(Cl)cc24)-c2ccccc2C/C=C/Cc2cccc(C(C)C)c2-3)C[C@H]1C.P. The predicted molar refractivity (Wildman–Crippen MR) is 186 cm³/mol. The van der Waals surface area contributed by atoms with E-state index >= 15 is 0 Å². The van der Waals surface area contributed by atoms with E-state index in [0.29, 0.717) is 47.1 Å². The van der Waals surface area contributed by atoms with Gasteiger partial charge in [-0.25, -0.2) is 14.3 Å². The molecule has 1 amide bonds. The van der Waals surface area contributed by atoms with Gasteiger partial charge in [0.05, 0.1) is 21.8 Å². The van der Waals surface area contributed by atoms with Gasteiger partial charge in [0.15, 0.2) is 5.65 Å². The number of carbonyl (C=O) groups excluding carboxylic acids is 1. The Morgan fingerprint density at radius 2 is 1.70 bits per heavy atom. The van der Waals surface area contributed by atoms with Gasteiger partial charge < -0.3 is 9.80 Å². The van der Waals surface area contributed by atoms with Gasteiger partial charge in [0.25, 0.3) is 0 Å². The lowest BCUT2D eigenvalue weighted by Crippen LogP contribution is -2.58. The number of rotatable bonds is 3. The molecule has 44 heavy (non-hydrogen) atoms. The van der Waals surface area contributed by atoms with Gasteiger partial charge in [0.2, 0.25) is 5.91 Å². The van der Waals surface area contributed by atoms with Crippen molar-refractivity contribution in [2.24, 2.45) is 0 Å². The zero-order valence-electron chi connectivity index (χ0n) is 25.8. The second-order valence-electron chi connectivity index (χ2n) is 11.8. The highest BCUT2D eigenvalue weighted by atomic mass is 35.5. The minimum atomic E-state index is -0.392. The van der Waals surface area contributed by atoms with Crippen LogP contribution in [-0.4, -0.2) is 50.5 Å². The number of pyridine rings is 1. The Labute approximate surface area is 266 Å². The number of hydrogen-bond donors (Lipinski definition) is 0. The van der Waals surface area contributed by atoms with Crippen LogP contribution in [0.5, 0.6) is 0 Å². The number of halogens is 1. The zero-order valence-corrected chi connectivity index (χ0v) is 27.9. The fourth-order valence-corrected chi connectivity index (χ4v) is 6.68. The first-order valence-electron chi connectivity index (χ1n) is 14.9. The van der Waals surface area contributed by atoms with Crippen molar-refractivity contribution in [3.05, 3.63) is 106 Å². The Kier molecular flexibility index (Phi) is 9.10. The summed E-state index contributed by atoms with van der Waals surface area (Å²) in [6, 6.07) is 16.1. The van der Waals surface area contributed by atoms with E-state index in [1.54, 1.807) is 4.57 Å². The first kappa shape index (κ1) is 31.6. The van der Waals surface area contributed by atoms with E-state index in [0.717, 1.165) is 34.4 Å². The summed E-state index contributed by atoms with van der Waals surface area (Å²) < 4.78 is 1.69. The average Bonchev–Trinajstić information content (AvgIpc) is 2.99. The Bertz CT molecular complexity index is 1850. The second-order valence-corrected chi connectivity index (χ2v) is 12.2. The Balaban J connectivity index is 0.00000384. The van der Waals surface area contributed by atoms with E-state index in [-0.39, 0.29) is 33.8 Å². The van der Waals surface area contributed by atoms with Gasteiger partial charge in [-0.2, -0.15) is 14.9 Å². The fraction of sp³-hybridized carbons (Fsp3) is 0.314. The lowest BCUT2D eigenvalue weighted by Gasteiger charge is -2.44. The van der Waals surface area contributed by atoms with Gasteiger partial charge >= 0.3 is 5.69 Å². The third kappa shape index (κ3) is 5.48. The summed E-state index contributed by atoms with van der Waals surface area (Å²) in [4.78, 5) is 40.7. The van der Waals surface area contributed by atoms with Crippen LogP contribution in [0.4, 0.5) is 5.82 Å². The van der Waals surface area contributed by atoms with Crippen molar-refractivity contribution in [3.63, 3.8) is 0 Å². The van der Waals surface area contributed by atoms with E-state index in [4.69, 9.17) is 21.6 Å². The van der Waals surface area contributed by atoms with Crippen molar-refractivity contribution in [3.8, 4) is 16.9 Å². The molecule has 1 unspecified atom stereocenters. The summed E-state index contributed by atoms with van der Waals surface area (Å²) in [6.07, 6.45) is 7.10. The number of hydrogen-bond acceptors (Lipinski definition) is 5. The molecule has 0 aliphatic carbocycles. The lowest BCUT2D eigenvalue weighted by molar-refractivity contribution is -0.128. The molecule has 1 fully saturated rings. The molecule has 228 valence electrons. The number of aromatic nitrogens is 3. The van der Waals surface area contributed by atoms with Gasteiger partial charge in [-0.15, -0.1) is 0 Å². The molecular weight excluding hydrogens is 589 g/mol. The maximum absolute atomic E-state index is 14.3. The summed E-state index contributed by atoms with van der Waals surface area (Å²) in [6.45, 7) is 13.0. The van der Waals surface area contributed by atoms with E-state index in [1.807, 2.05) is 43.0 Å². The summed E-state index contributed by atoms with van der Waals surface area (Å²) in [5.74, 6) is 0.594. The molecule has 2 aliphatic heterocycles. The van der Waals surface area contributed by atoms with Gasteiger partial charge in [-0.1, -0.05) is 86.6 Å². The normalized spacial score (nSPS) is 18.6. The molecule has 2 bridgehead atoms. The summed E-state index contributed by atoms with van der Waals surface area (Å²) in [5, 5.41) is 1.19. The van der Waals surface area contributed by atoms with Gasteiger partial charge in [0, 0.05) is 30.7 Å². The van der Waals surface area contributed by atoms with Crippen molar-refractivity contribution in [1.82, 2.24) is 19.4 Å². The minimum absolute atomic E-state index is 0. The largest absolute Gasteiger partial charge is 0.355 e. The molecule has 0 saturated carbocycles. The van der Waals surface area contributed by atoms with Crippen LogP contribution >= 0.6 is 21.5 Å².